The van der Waals surface area contributed by atoms with E-state index in [1.807, 2.05) is 12.1 Å². The molecule has 2 aliphatic heterocycles. The van der Waals surface area contributed by atoms with Gasteiger partial charge in [-0.15, -0.1) is 10.2 Å². The number of anilines is 1. The van der Waals surface area contributed by atoms with Gasteiger partial charge in [0.1, 0.15) is 5.69 Å². The van der Waals surface area contributed by atoms with E-state index in [4.69, 9.17) is 4.74 Å². The largest absolute Gasteiger partial charge is 0.480 e. The van der Waals surface area contributed by atoms with Crippen molar-refractivity contribution in [3.05, 3.63) is 30.7 Å². The van der Waals surface area contributed by atoms with E-state index in [9.17, 15) is 0 Å². The zero-order valence-corrected chi connectivity index (χ0v) is 16.5. The van der Waals surface area contributed by atoms with Crippen molar-refractivity contribution in [2.75, 3.05) is 19.1 Å². The number of H-pyrrole nitrogens is 1. The van der Waals surface area contributed by atoms with Gasteiger partial charge in [-0.1, -0.05) is 0 Å². The Bertz CT molecular complexity index is 963. The molecule has 3 aromatic rings. The number of nitrogens with zero attached hydrogens (tertiary/aromatic N) is 6. The van der Waals surface area contributed by atoms with E-state index in [0.29, 0.717) is 35.5 Å². The maximum atomic E-state index is 5.44. The lowest BCUT2D eigenvalue weighted by Crippen LogP contribution is -2.47. The molecule has 0 aromatic carbocycles. The van der Waals surface area contributed by atoms with Crippen LogP contribution >= 0.6 is 0 Å². The summed E-state index contributed by atoms with van der Waals surface area (Å²) in [5.41, 5.74) is 2.26. The van der Waals surface area contributed by atoms with Crippen LogP contribution in [0, 0.1) is 0 Å². The van der Waals surface area contributed by atoms with Crippen LogP contribution in [0.5, 0.6) is 5.88 Å². The average molecular weight is 392 g/mol. The average Bonchev–Trinajstić information content (AvgIpc) is 3.42. The van der Waals surface area contributed by atoms with Crippen molar-refractivity contribution in [1.29, 1.82) is 0 Å². The van der Waals surface area contributed by atoms with Crippen molar-refractivity contribution >= 4 is 5.82 Å². The highest BCUT2D eigenvalue weighted by molar-refractivity contribution is 5.68. The molecule has 2 N–H and O–H groups in total. The van der Waals surface area contributed by atoms with E-state index in [0.717, 1.165) is 29.8 Å². The number of ether oxygens (including phenoxy) is 1. The minimum atomic E-state index is 0.476. The number of hydrogen-bond donors (Lipinski definition) is 2. The molecule has 0 unspecified atom stereocenters. The zero-order valence-electron chi connectivity index (χ0n) is 16.5. The zero-order chi connectivity index (χ0) is 19.8. The Morgan fingerprint density at radius 2 is 1.93 bits per heavy atom. The molecule has 3 aromatic heterocycles. The van der Waals surface area contributed by atoms with Crippen LogP contribution < -0.4 is 15.0 Å². The predicted molar refractivity (Wildman–Crippen MR) is 109 cm³/mol. The van der Waals surface area contributed by atoms with Gasteiger partial charge in [0.15, 0.2) is 11.6 Å². The van der Waals surface area contributed by atoms with Gasteiger partial charge in [-0.05, 0) is 37.8 Å². The van der Waals surface area contributed by atoms with Crippen molar-refractivity contribution in [2.45, 2.75) is 43.8 Å². The van der Waals surface area contributed by atoms with E-state index >= 15 is 0 Å². The molecule has 2 aliphatic rings. The van der Waals surface area contributed by atoms with Crippen molar-refractivity contribution < 1.29 is 4.74 Å². The highest BCUT2D eigenvalue weighted by atomic mass is 16.5. The third-order valence-corrected chi connectivity index (χ3v) is 5.99. The van der Waals surface area contributed by atoms with Gasteiger partial charge in [-0.2, -0.15) is 10.1 Å². The maximum absolute atomic E-state index is 5.44. The van der Waals surface area contributed by atoms with E-state index in [-0.39, 0.29) is 0 Å². The topological polar surface area (TPSA) is 105 Å². The quantitative estimate of drug-likeness (QED) is 0.680. The molecule has 5 heterocycles. The third-order valence-electron chi connectivity index (χ3n) is 5.99. The van der Waals surface area contributed by atoms with Gasteiger partial charge in [0, 0.05) is 43.1 Å². The van der Waals surface area contributed by atoms with Crippen molar-refractivity contribution in [1.82, 2.24) is 35.7 Å². The summed E-state index contributed by atoms with van der Waals surface area (Å²) in [4.78, 5) is 11.2. The third kappa shape index (κ3) is 3.42. The molecule has 29 heavy (non-hydrogen) atoms. The minimum absolute atomic E-state index is 0.476. The Morgan fingerprint density at radius 3 is 2.59 bits per heavy atom. The number of piperidine rings is 1. The van der Waals surface area contributed by atoms with Crippen molar-refractivity contribution in [3.63, 3.8) is 0 Å². The highest BCUT2D eigenvalue weighted by Gasteiger charge is 2.35. The Labute approximate surface area is 168 Å². The molecule has 0 saturated carbocycles. The van der Waals surface area contributed by atoms with E-state index in [2.05, 4.69) is 47.6 Å². The van der Waals surface area contributed by atoms with Crippen LogP contribution in [0.25, 0.3) is 22.6 Å². The normalized spacial score (nSPS) is 23.2. The first-order valence-electron chi connectivity index (χ1n) is 9.94. The number of aromatic nitrogens is 6. The van der Waals surface area contributed by atoms with Gasteiger partial charge in [0.05, 0.1) is 18.9 Å². The van der Waals surface area contributed by atoms with Crippen molar-refractivity contribution in [2.24, 2.45) is 0 Å². The van der Waals surface area contributed by atoms with Crippen LogP contribution in [0.2, 0.25) is 0 Å². The van der Waals surface area contributed by atoms with Gasteiger partial charge >= 0.3 is 0 Å². The molecule has 0 radical (unpaired) electrons. The van der Waals surface area contributed by atoms with Crippen LogP contribution in [0.3, 0.4) is 0 Å². The summed E-state index contributed by atoms with van der Waals surface area (Å²) in [6.45, 7) is 0. The second-order valence-corrected chi connectivity index (χ2v) is 7.75. The lowest BCUT2D eigenvalue weighted by molar-refractivity contribution is 0.353. The van der Waals surface area contributed by atoms with Gasteiger partial charge in [-0.25, -0.2) is 4.98 Å². The number of rotatable bonds is 5. The fourth-order valence-corrected chi connectivity index (χ4v) is 4.40. The molecule has 0 spiro atoms. The van der Waals surface area contributed by atoms with E-state index in [1.54, 1.807) is 25.7 Å². The molecule has 2 fully saturated rings. The van der Waals surface area contributed by atoms with E-state index < -0.39 is 0 Å². The second-order valence-electron chi connectivity index (χ2n) is 7.75. The number of methoxy groups -OCH3 is 1. The Morgan fingerprint density at radius 1 is 1.10 bits per heavy atom. The summed E-state index contributed by atoms with van der Waals surface area (Å²) in [5.74, 6) is 1.84. The number of hydrogen-bond acceptors (Lipinski definition) is 8. The van der Waals surface area contributed by atoms with Crippen LogP contribution in [-0.2, 0) is 0 Å². The molecule has 0 aliphatic carbocycles. The summed E-state index contributed by atoms with van der Waals surface area (Å²) in [7, 11) is 3.70. The summed E-state index contributed by atoms with van der Waals surface area (Å²) in [6, 6.07) is 5.69. The van der Waals surface area contributed by atoms with Crippen LogP contribution in [0.15, 0.2) is 30.7 Å². The molecule has 2 bridgehead atoms. The highest BCUT2D eigenvalue weighted by Crippen LogP contribution is 2.31. The SMILES string of the molecule is COc1nc(-c2ccc(N(C)[C@@H]3C[C@H]4CC[C@@H](C3)N4)nn2)ncc1-c1cn[nH]c1. The molecule has 9 heteroatoms. The maximum Gasteiger partial charge on any atom is 0.224 e. The summed E-state index contributed by atoms with van der Waals surface area (Å²) < 4.78 is 5.44. The standard InChI is InChI=1S/C20H24N8O/c1-28(15-7-13-3-4-14(8-15)24-13)18-6-5-17(26-27-18)19-21-11-16(20(25-19)29-2)12-9-22-23-10-12/h5-6,9-11,13-15,24H,3-4,7-8H2,1-2H3,(H,22,23)/t13-,14+,15-. The fourth-order valence-electron chi connectivity index (χ4n) is 4.40. The van der Waals surface area contributed by atoms with Crippen LogP contribution in [-0.4, -0.2) is 62.6 Å². The van der Waals surface area contributed by atoms with Crippen LogP contribution in [0.1, 0.15) is 25.7 Å². The Kier molecular flexibility index (Phi) is 4.59. The molecule has 150 valence electrons. The second kappa shape index (κ2) is 7.40. The molecular formula is C20H24N8O. The van der Waals surface area contributed by atoms with Crippen molar-refractivity contribution in [3.8, 4) is 28.5 Å². The molecule has 2 saturated heterocycles. The van der Waals surface area contributed by atoms with Gasteiger partial charge in [0.25, 0.3) is 0 Å². The number of aromatic amines is 1. The first-order chi connectivity index (χ1) is 14.2. The summed E-state index contributed by atoms with van der Waals surface area (Å²) in [5, 5.41) is 19.3. The van der Waals surface area contributed by atoms with E-state index in [1.165, 1.54) is 12.8 Å². The first kappa shape index (κ1) is 18.0. The molecule has 5 rings (SSSR count). The lowest BCUT2D eigenvalue weighted by atomic mass is 9.98. The van der Waals surface area contributed by atoms with Gasteiger partial charge in [0.2, 0.25) is 5.88 Å². The fraction of sp³-hybridized carbons (Fsp3) is 0.450. The molecule has 3 atom stereocenters. The van der Waals surface area contributed by atoms with Crippen LogP contribution in [0.4, 0.5) is 5.82 Å². The number of fused-ring (bicyclic) bond motifs is 2. The number of nitrogens with one attached hydrogen (secondary N) is 2. The molecule has 9 nitrogen and oxygen atoms in total. The predicted octanol–water partition coefficient (Wildman–Crippen LogP) is 2.05. The Balaban J connectivity index is 1.36. The molecular weight excluding hydrogens is 368 g/mol. The smallest absolute Gasteiger partial charge is 0.224 e. The molecule has 0 amide bonds. The summed E-state index contributed by atoms with van der Waals surface area (Å²) >= 11 is 0. The monoisotopic (exact) mass is 392 g/mol. The first-order valence-corrected chi connectivity index (χ1v) is 9.94. The van der Waals surface area contributed by atoms with Gasteiger partial charge < -0.3 is 15.0 Å². The Hall–Kier alpha value is -3.07. The lowest BCUT2D eigenvalue weighted by Gasteiger charge is -2.36. The van der Waals surface area contributed by atoms with Gasteiger partial charge in [-0.3, -0.25) is 5.10 Å². The summed E-state index contributed by atoms with van der Waals surface area (Å²) in [6.07, 6.45) is 10.1. The minimum Gasteiger partial charge on any atom is -0.480 e.